The summed E-state index contributed by atoms with van der Waals surface area (Å²) in [6.07, 6.45) is 8.40. The molecule has 0 aliphatic heterocycles. The van der Waals surface area contributed by atoms with Gasteiger partial charge in [0, 0.05) is 0 Å². The number of benzene rings is 1. The molecule has 1 rings (SSSR count). The molecule has 2 nitrogen and oxygen atoms in total. The van der Waals surface area contributed by atoms with Crippen LogP contribution in [-0.4, -0.2) is 51.1 Å². The molecule has 1 aromatic rings. The van der Waals surface area contributed by atoms with Gasteiger partial charge in [0.25, 0.3) is 0 Å². The van der Waals surface area contributed by atoms with Crippen LogP contribution >= 0.6 is 0 Å². The summed E-state index contributed by atoms with van der Waals surface area (Å²) in [4.78, 5) is 0. The fourth-order valence-corrected chi connectivity index (χ4v) is 20.7. The minimum atomic E-state index is -2.18. The van der Waals surface area contributed by atoms with Gasteiger partial charge in [0.05, 0.1) is 0 Å². The molecular weight excluding hydrogens is 437 g/mol. The third kappa shape index (κ3) is 9.21. The molecule has 156 valence electrons. The van der Waals surface area contributed by atoms with E-state index in [0.29, 0.717) is 0 Å². The molecule has 0 N–H and O–H groups in total. The monoisotopic (exact) mass is 484 g/mol. The first-order chi connectivity index (χ1) is 12.8. The van der Waals surface area contributed by atoms with Crippen LogP contribution in [0.2, 0.25) is 13.3 Å². The molecule has 0 spiro atoms. The number of quaternary nitrogens is 1. The third-order valence-corrected chi connectivity index (χ3v) is 21.1. The van der Waals surface area contributed by atoms with E-state index in [9.17, 15) is 0 Å². The summed E-state index contributed by atoms with van der Waals surface area (Å²) < 4.78 is 12.7. The maximum absolute atomic E-state index is 5.56. The van der Waals surface area contributed by atoms with Crippen molar-refractivity contribution in [2.75, 3.05) is 28.3 Å². The Balaban J connectivity index is 3.22. The van der Waals surface area contributed by atoms with Crippen molar-refractivity contribution in [3.05, 3.63) is 29.3 Å². The molecule has 0 saturated carbocycles. The van der Waals surface area contributed by atoms with Crippen LogP contribution < -0.4 is 4.74 Å². The van der Waals surface area contributed by atoms with Crippen LogP contribution in [0.4, 0.5) is 0 Å². The van der Waals surface area contributed by atoms with Crippen LogP contribution in [0.25, 0.3) is 0 Å². The Morgan fingerprint density at radius 3 is 1.74 bits per heavy atom. The van der Waals surface area contributed by atoms with Gasteiger partial charge >= 0.3 is 175 Å². The second kappa shape index (κ2) is 12.4. The van der Waals surface area contributed by atoms with E-state index in [2.05, 4.69) is 60.1 Å². The standard InChI is InChI=1S/C12H19NO.3C4H9.Sn/c1-10-6-7-12(14-5)8-11(10)9-13(2,3)4;3*1-3-4-2;/h6-8H,1,9H2,2-5H3;3*1,3-4H2,2H3;/q+1;;;;. The van der Waals surface area contributed by atoms with Gasteiger partial charge in [-0.3, -0.25) is 0 Å². The van der Waals surface area contributed by atoms with E-state index in [-0.39, 0.29) is 0 Å². The summed E-state index contributed by atoms with van der Waals surface area (Å²) in [7, 11) is 8.68. The van der Waals surface area contributed by atoms with Crippen LogP contribution in [-0.2, 0) is 11.0 Å². The van der Waals surface area contributed by atoms with Crippen molar-refractivity contribution in [1.82, 2.24) is 0 Å². The molecule has 0 radical (unpaired) electrons. The third-order valence-electron chi connectivity index (χ3n) is 5.81. The SMILES string of the molecule is CCC[CH2][Sn]([CH2]CCC)([CH2]CCC)[CH2]c1ccc(OC)cc1C[N+](C)(C)C. The first-order valence-corrected chi connectivity index (χ1v) is 19.3. The first-order valence-electron chi connectivity index (χ1n) is 11.3. The number of hydrogen-bond donors (Lipinski definition) is 0. The Labute approximate surface area is 174 Å². The predicted octanol–water partition coefficient (Wildman–Crippen LogP) is 6.83. The Bertz CT molecular complexity index is 514. The Morgan fingerprint density at radius 2 is 1.33 bits per heavy atom. The number of unbranched alkanes of at least 4 members (excludes halogenated alkanes) is 3. The Morgan fingerprint density at radius 1 is 0.815 bits per heavy atom. The molecule has 0 atom stereocenters. The summed E-state index contributed by atoms with van der Waals surface area (Å²) in [5.74, 6) is 1.01. The van der Waals surface area contributed by atoms with Crippen molar-refractivity contribution < 1.29 is 9.22 Å². The molecule has 0 aliphatic rings. The molecule has 27 heavy (non-hydrogen) atoms. The van der Waals surface area contributed by atoms with Gasteiger partial charge in [0.15, 0.2) is 0 Å². The molecular formula is C24H46NOSn+. The van der Waals surface area contributed by atoms with E-state index in [4.69, 9.17) is 4.74 Å². The van der Waals surface area contributed by atoms with Crippen molar-refractivity contribution in [3.63, 3.8) is 0 Å². The van der Waals surface area contributed by atoms with Gasteiger partial charge in [-0.05, 0) is 0 Å². The summed E-state index contributed by atoms with van der Waals surface area (Å²) in [5.41, 5.74) is 3.16. The molecule has 0 fully saturated rings. The second-order valence-electron chi connectivity index (χ2n) is 9.57. The van der Waals surface area contributed by atoms with E-state index in [1.54, 1.807) is 26.0 Å². The van der Waals surface area contributed by atoms with Gasteiger partial charge in [-0.2, -0.15) is 0 Å². The fourth-order valence-electron chi connectivity index (χ4n) is 4.26. The van der Waals surface area contributed by atoms with Crippen molar-refractivity contribution >= 4 is 18.4 Å². The molecule has 0 aliphatic carbocycles. The van der Waals surface area contributed by atoms with Crippen LogP contribution in [0.3, 0.4) is 0 Å². The first kappa shape index (κ1) is 24.8. The van der Waals surface area contributed by atoms with Crippen molar-refractivity contribution in [3.8, 4) is 5.75 Å². The number of nitrogens with zero attached hydrogens (tertiary/aromatic N) is 1. The molecule has 0 bridgehead atoms. The molecule has 3 heteroatoms. The second-order valence-corrected chi connectivity index (χ2v) is 23.4. The zero-order chi connectivity index (χ0) is 20.3. The van der Waals surface area contributed by atoms with E-state index >= 15 is 0 Å². The number of methoxy groups -OCH3 is 1. The summed E-state index contributed by atoms with van der Waals surface area (Å²) in [5, 5.41) is 0. The number of hydrogen-bond acceptors (Lipinski definition) is 1. The minimum absolute atomic E-state index is 0.974. The number of rotatable bonds is 14. The normalized spacial score (nSPS) is 12.4. The van der Waals surface area contributed by atoms with Gasteiger partial charge in [-0.1, -0.05) is 0 Å². The quantitative estimate of drug-likeness (QED) is 0.208. The Hall–Kier alpha value is -0.221. The average Bonchev–Trinajstić information content (AvgIpc) is 2.63. The zero-order valence-corrected chi connectivity index (χ0v) is 22.2. The predicted molar refractivity (Wildman–Crippen MR) is 123 cm³/mol. The van der Waals surface area contributed by atoms with Gasteiger partial charge < -0.3 is 0 Å². The van der Waals surface area contributed by atoms with Crippen LogP contribution in [0, 0.1) is 0 Å². The van der Waals surface area contributed by atoms with Gasteiger partial charge in [0.1, 0.15) is 0 Å². The molecule has 0 amide bonds. The number of ether oxygens (including phenoxy) is 1. The molecule has 0 aromatic heterocycles. The van der Waals surface area contributed by atoms with Gasteiger partial charge in [-0.25, -0.2) is 0 Å². The average molecular weight is 483 g/mol. The van der Waals surface area contributed by atoms with E-state index in [0.717, 1.165) is 16.8 Å². The maximum atomic E-state index is 5.56. The summed E-state index contributed by atoms with van der Waals surface area (Å²) >= 11 is -2.18. The van der Waals surface area contributed by atoms with Gasteiger partial charge in [-0.15, -0.1) is 0 Å². The summed E-state index contributed by atoms with van der Waals surface area (Å²) in [6.45, 7) is 8.19. The van der Waals surface area contributed by atoms with Crippen molar-refractivity contribution in [1.29, 1.82) is 0 Å². The van der Waals surface area contributed by atoms with Gasteiger partial charge in [0.2, 0.25) is 0 Å². The van der Waals surface area contributed by atoms with Crippen LogP contribution in [0.1, 0.15) is 70.4 Å². The van der Waals surface area contributed by atoms with E-state index in [1.807, 2.05) is 0 Å². The fraction of sp³-hybridized carbons (Fsp3) is 0.750. The summed E-state index contributed by atoms with van der Waals surface area (Å²) in [6, 6.07) is 6.92. The van der Waals surface area contributed by atoms with Crippen LogP contribution in [0.15, 0.2) is 18.2 Å². The molecule has 1 aromatic carbocycles. The zero-order valence-electron chi connectivity index (χ0n) is 19.4. The van der Waals surface area contributed by atoms with Crippen molar-refractivity contribution in [2.24, 2.45) is 0 Å². The van der Waals surface area contributed by atoms with Crippen LogP contribution in [0.5, 0.6) is 5.75 Å². The van der Waals surface area contributed by atoms with E-state index < -0.39 is 18.4 Å². The Kier molecular flexibility index (Phi) is 11.4. The molecule has 0 saturated heterocycles. The van der Waals surface area contributed by atoms with E-state index in [1.165, 1.54) is 48.5 Å². The molecule has 0 heterocycles. The topological polar surface area (TPSA) is 9.23 Å². The van der Waals surface area contributed by atoms with Crippen molar-refractivity contribution in [2.45, 2.75) is 83.6 Å². The molecule has 0 unspecified atom stereocenters.